The summed E-state index contributed by atoms with van der Waals surface area (Å²) in [5.74, 6) is 1.66. The van der Waals surface area contributed by atoms with E-state index in [1.807, 2.05) is 19.1 Å². The van der Waals surface area contributed by atoms with Crippen molar-refractivity contribution >= 4 is 34.1 Å². The lowest BCUT2D eigenvalue weighted by atomic mass is 10.0. The molecule has 0 spiro atoms. The zero-order valence-corrected chi connectivity index (χ0v) is 15.7. The third-order valence-corrected chi connectivity index (χ3v) is 5.18. The van der Waals surface area contributed by atoms with Gasteiger partial charge in [-0.15, -0.1) is 16.8 Å². The van der Waals surface area contributed by atoms with Crippen LogP contribution >= 0.6 is 23.1 Å². The first kappa shape index (κ1) is 18.5. The lowest BCUT2D eigenvalue weighted by Crippen LogP contribution is -2.20. The molecule has 0 fully saturated rings. The third-order valence-electron chi connectivity index (χ3n) is 3.22. The smallest absolute Gasteiger partial charge is 0.264 e. The fraction of sp³-hybridized carbons (Fsp3) is 0.353. The van der Waals surface area contributed by atoms with Gasteiger partial charge in [0.2, 0.25) is 5.13 Å². The van der Waals surface area contributed by atoms with Gasteiger partial charge in [0, 0.05) is 5.75 Å². The summed E-state index contributed by atoms with van der Waals surface area (Å²) in [7, 11) is 0. The summed E-state index contributed by atoms with van der Waals surface area (Å²) in [6, 6.07) is 6.08. The number of nitrogens with zero attached hydrogens (tertiary/aromatic N) is 2. The van der Waals surface area contributed by atoms with E-state index in [0.717, 1.165) is 21.4 Å². The van der Waals surface area contributed by atoms with Crippen LogP contribution in [0.15, 0.2) is 35.2 Å². The van der Waals surface area contributed by atoms with Crippen LogP contribution in [0.25, 0.3) is 0 Å². The number of carbonyl (C=O) groups is 1. The Labute approximate surface area is 150 Å². The van der Waals surface area contributed by atoms with Gasteiger partial charge in [-0.3, -0.25) is 10.1 Å². The number of aryl methyl sites for hydroxylation is 1. The molecule has 128 valence electrons. The minimum atomic E-state index is -0.249. The fourth-order valence-corrected chi connectivity index (χ4v) is 3.41. The maximum Gasteiger partial charge on any atom is 0.264 e. The van der Waals surface area contributed by atoms with Crippen LogP contribution in [0.3, 0.4) is 0 Å². The highest BCUT2D eigenvalue weighted by Gasteiger charge is 2.11. The van der Waals surface area contributed by atoms with Crippen molar-refractivity contribution in [2.24, 2.45) is 0 Å². The number of anilines is 1. The lowest BCUT2D eigenvalue weighted by molar-refractivity contribution is -0.118. The number of hydrogen-bond donors (Lipinski definition) is 1. The van der Waals surface area contributed by atoms with E-state index in [0.29, 0.717) is 11.0 Å². The monoisotopic (exact) mass is 363 g/mol. The van der Waals surface area contributed by atoms with Gasteiger partial charge in [-0.05, 0) is 30.0 Å². The molecule has 1 heterocycles. The molecule has 2 aromatic rings. The Bertz CT molecular complexity index is 714. The van der Waals surface area contributed by atoms with Crippen LogP contribution in [0.1, 0.15) is 30.9 Å². The normalized spacial score (nSPS) is 10.7. The van der Waals surface area contributed by atoms with Crippen molar-refractivity contribution in [1.29, 1.82) is 0 Å². The van der Waals surface area contributed by atoms with Crippen molar-refractivity contribution in [2.45, 2.75) is 31.0 Å². The second-order valence-corrected chi connectivity index (χ2v) is 7.73. The van der Waals surface area contributed by atoms with Crippen LogP contribution in [-0.2, 0) is 4.79 Å². The van der Waals surface area contributed by atoms with E-state index in [1.165, 1.54) is 28.7 Å². The first-order valence-corrected chi connectivity index (χ1v) is 9.40. The van der Waals surface area contributed by atoms with Crippen molar-refractivity contribution in [3.8, 4) is 5.75 Å². The van der Waals surface area contributed by atoms with E-state index in [-0.39, 0.29) is 12.5 Å². The number of ether oxygens (including phenoxy) is 1. The highest BCUT2D eigenvalue weighted by molar-refractivity contribution is 8.01. The van der Waals surface area contributed by atoms with Crippen LogP contribution in [0.2, 0.25) is 0 Å². The number of thioether (sulfide) groups is 1. The predicted molar refractivity (Wildman–Crippen MR) is 100 cm³/mol. The van der Waals surface area contributed by atoms with Gasteiger partial charge in [0.25, 0.3) is 5.91 Å². The zero-order chi connectivity index (χ0) is 17.5. The van der Waals surface area contributed by atoms with E-state index in [2.05, 4.69) is 42.0 Å². The Morgan fingerprint density at radius 1 is 1.46 bits per heavy atom. The van der Waals surface area contributed by atoms with Gasteiger partial charge in [0.05, 0.1) is 0 Å². The lowest BCUT2D eigenvalue weighted by Gasteiger charge is -2.12. The van der Waals surface area contributed by atoms with Crippen LogP contribution in [-0.4, -0.2) is 28.5 Å². The van der Waals surface area contributed by atoms with E-state index in [1.54, 1.807) is 6.08 Å². The molecule has 0 radical (unpaired) electrons. The number of rotatable bonds is 8. The fourth-order valence-electron chi connectivity index (χ4n) is 1.88. The molecule has 0 aliphatic carbocycles. The van der Waals surface area contributed by atoms with Crippen LogP contribution < -0.4 is 10.1 Å². The highest BCUT2D eigenvalue weighted by atomic mass is 32.2. The van der Waals surface area contributed by atoms with Gasteiger partial charge < -0.3 is 4.74 Å². The molecule has 0 saturated heterocycles. The van der Waals surface area contributed by atoms with Crippen LogP contribution in [0.4, 0.5) is 5.13 Å². The molecular weight excluding hydrogens is 342 g/mol. The average molecular weight is 364 g/mol. The first-order chi connectivity index (χ1) is 11.5. The summed E-state index contributed by atoms with van der Waals surface area (Å²) >= 11 is 2.87. The first-order valence-electron chi connectivity index (χ1n) is 7.60. The summed E-state index contributed by atoms with van der Waals surface area (Å²) < 4.78 is 6.46. The number of amides is 1. The number of aromatic nitrogens is 2. The van der Waals surface area contributed by atoms with Crippen molar-refractivity contribution in [3.63, 3.8) is 0 Å². The van der Waals surface area contributed by atoms with E-state index in [9.17, 15) is 4.79 Å². The van der Waals surface area contributed by atoms with Gasteiger partial charge in [0.1, 0.15) is 5.75 Å². The second kappa shape index (κ2) is 8.84. The molecule has 2 rings (SSSR count). The SMILES string of the molecule is C=CCSc1nnc(NC(=O)COc2cc(C(C)C)ccc2C)s1. The number of carbonyl (C=O) groups excluding carboxylic acids is 1. The zero-order valence-electron chi connectivity index (χ0n) is 14.0. The number of nitrogens with one attached hydrogen (secondary N) is 1. The highest BCUT2D eigenvalue weighted by Crippen LogP contribution is 2.26. The molecule has 0 atom stereocenters. The standard InChI is InChI=1S/C17H21N3O2S2/c1-5-8-23-17-20-19-16(24-17)18-15(21)10-22-14-9-13(11(2)3)7-6-12(14)4/h5-7,9,11H,1,8,10H2,2-4H3,(H,18,19,21). The molecule has 1 amide bonds. The molecule has 0 bridgehead atoms. The van der Waals surface area contributed by atoms with E-state index < -0.39 is 0 Å². The van der Waals surface area contributed by atoms with Crippen molar-refractivity contribution in [2.75, 3.05) is 17.7 Å². The van der Waals surface area contributed by atoms with Gasteiger partial charge in [0.15, 0.2) is 10.9 Å². The van der Waals surface area contributed by atoms with Crippen molar-refractivity contribution in [3.05, 3.63) is 42.0 Å². The average Bonchev–Trinajstić information content (AvgIpc) is 2.99. The molecule has 0 saturated carbocycles. The molecule has 5 nitrogen and oxygen atoms in total. The van der Waals surface area contributed by atoms with Gasteiger partial charge in [-0.1, -0.05) is 55.2 Å². The second-order valence-electron chi connectivity index (χ2n) is 5.49. The van der Waals surface area contributed by atoms with Gasteiger partial charge in [-0.25, -0.2) is 0 Å². The summed E-state index contributed by atoms with van der Waals surface area (Å²) in [5, 5.41) is 11.1. The summed E-state index contributed by atoms with van der Waals surface area (Å²) in [6.07, 6.45) is 1.80. The largest absolute Gasteiger partial charge is 0.483 e. The number of benzene rings is 1. The molecule has 0 aliphatic heterocycles. The maximum absolute atomic E-state index is 12.0. The van der Waals surface area contributed by atoms with Crippen molar-refractivity contribution < 1.29 is 9.53 Å². The molecule has 1 aromatic carbocycles. The maximum atomic E-state index is 12.0. The van der Waals surface area contributed by atoms with Gasteiger partial charge in [-0.2, -0.15) is 0 Å². The third kappa shape index (κ3) is 5.35. The molecule has 7 heteroatoms. The molecular formula is C17H21N3O2S2. The Hall–Kier alpha value is -1.86. The minimum absolute atomic E-state index is 0.0584. The topological polar surface area (TPSA) is 64.1 Å². The Balaban J connectivity index is 1.90. The van der Waals surface area contributed by atoms with Crippen LogP contribution in [0, 0.1) is 6.92 Å². The predicted octanol–water partition coefficient (Wildman–Crippen LogP) is 4.27. The summed E-state index contributed by atoms with van der Waals surface area (Å²) in [5.41, 5.74) is 2.19. The molecule has 1 N–H and O–H groups in total. The van der Waals surface area contributed by atoms with E-state index >= 15 is 0 Å². The Morgan fingerprint density at radius 2 is 2.25 bits per heavy atom. The van der Waals surface area contributed by atoms with Crippen LogP contribution in [0.5, 0.6) is 5.75 Å². The molecule has 0 aliphatic rings. The molecule has 1 aromatic heterocycles. The van der Waals surface area contributed by atoms with E-state index in [4.69, 9.17) is 4.74 Å². The quantitative estimate of drug-likeness (QED) is 0.431. The minimum Gasteiger partial charge on any atom is -0.483 e. The summed E-state index contributed by atoms with van der Waals surface area (Å²) in [6.45, 7) is 9.81. The molecule has 0 unspecified atom stereocenters. The van der Waals surface area contributed by atoms with Gasteiger partial charge >= 0.3 is 0 Å². The summed E-state index contributed by atoms with van der Waals surface area (Å²) in [4.78, 5) is 12.0. The Morgan fingerprint density at radius 3 is 2.96 bits per heavy atom. The van der Waals surface area contributed by atoms with Crippen molar-refractivity contribution in [1.82, 2.24) is 10.2 Å². The Kier molecular flexibility index (Phi) is 6.81. The molecule has 24 heavy (non-hydrogen) atoms. The number of hydrogen-bond acceptors (Lipinski definition) is 6.